The lowest BCUT2D eigenvalue weighted by molar-refractivity contribution is -0.195. The molecule has 1 unspecified atom stereocenters. The minimum Gasteiger partial charge on any atom is -0.469 e. The first-order chi connectivity index (χ1) is 8.29. The Morgan fingerprint density at radius 2 is 1.88 bits per heavy atom. The van der Waals surface area contributed by atoms with Crippen LogP contribution in [0.2, 0.25) is 0 Å². The highest BCUT2D eigenvalue weighted by Gasteiger charge is 2.29. The normalized spacial score (nSPS) is 34.3. The van der Waals surface area contributed by atoms with Crippen molar-refractivity contribution >= 4 is 5.97 Å². The van der Waals surface area contributed by atoms with Crippen molar-refractivity contribution in [3.8, 4) is 0 Å². The molecule has 1 saturated carbocycles. The molecule has 2 aliphatic rings. The van der Waals surface area contributed by atoms with E-state index in [4.69, 9.17) is 14.2 Å². The van der Waals surface area contributed by atoms with Gasteiger partial charge in [-0.25, -0.2) is 0 Å². The van der Waals surface area contributed by atoms with Gasteiger partial charge in [0.1, 0.15) is 0 Å². The Bertz CT molecular complexity index is 240. The van der Waals surface area contributed by atoms with E-state index < -0.39 is 0 Å². The van der Waals surface area contributed by atoms with Gasteiger partial charge in [0, 0.05) is 6.61 Å². The van der Waals surface area contributed by atoms with Gasteiger partial charge < -0.3 is 14.2 Å². The second-order valence-corrected chi connectivity index (χ2v) is 4.93. The SMILES string of the molecule is COC(=O)[C@H]1CC[C@@H](OC2CCCCO2)CC1. The van der Waals surface area contributed by atoms with Crippen LogP contribution in [-0.4, -0.2) is 32.1 Å². The number of carbonyl (C=O) groups excluding carboxylic acids is 1. The molecular formula is C13H22O4. The van der Waals surface area contributed by atoms with Gasteiger partial charge in [0.15, 0.2) is 6.29 Å². The fourth-order valence-electron chi connectivity index (χ4n) is 2.63. The van der Waals surface area contributed by atoms with Crippen LogP contribution >= 0.6 is 0 Å². The zero-order valence-electron chi connectivity index (χ0n) is 10.5. The van der Waals surface area contributed by atoms with Crippen molar-refractivity contribution in [2.45, 2.75) is 57.3 Å². The maximum Gasteiger partial charge on any atom is 0.308 e. The molecule has 1 aliphatic carbocycles. The van der Waals surface area contributed by atoms with Gasteiger partial charge >= 0.3 is 5.97 Å². The predicted molar refractivity (Wildman–Crippen MR) is 62.4 cm³/mol. The quantitative estimate of drug-likeness (QED) is 0.712. The molecule has 0 N–H and O–H groups in total. The van der Waals surface area contributed by atoms with Crippen molar-refractivity contribution in [2.24, 2.45) is 5.92 Å². The third-order valence-electron chi connectivity index (χ3n) is 3.69. The van der Waals surface area contributed by atoms with Gasteiger partial charge in [-0.2, -0.15) is 0 Å². The third kappa shape index (κ3) is 3.68. The number of esters is 1. The lowest BCUT2D eigenvalue weighted by Crippen LogP contribution is -2.32. The van der Waals surface area contributed by atoms with E-state index in [9.17, 15) is 4.79 Å². The fraction of sp³-hybridized carbons (Fsp3) is 0.923. The molecule has 98 valence electrons. The van der Waals surface area contributed by atoms with Crippen molar-refractivity contribution in [3.05, 3.63) is 0 Å². The van der Waals surface area contributed by atoms with Gasteiger partial charge in [0.05, 0.1) is 19.1 Å². The molecule has 17 heavy (non-hydrogen) atoms. The van der Waals surface area contributed by atoms with Gasteiger partial charge in [-0.3, -0.25) is 4.79 Å². The average Bonchev–Trinajstić information content (AvgIpc) is 2.40. The monoisotopic (exact) mass is 242 g/mol. The Kier molecular flexibility index (Phi) is 4.80. The van der Waals surface area contributed by atoms with Gasteiger partial charge in [0.2, 0.25) is 0 Å². The zero-order valence-corrected chi connectivity index (χ0v) is 10.5. The number of ether oxygens (including phenoxy) is 3. The van der Waals surface area contributed by atoms with E-state index in [1.807, 2.05) is 0 Å². The van der Waals surface area contributed by atoms with Crippen LogP contribution in [0.25, 0.3) is 0 Å². The van der Waals surface area contributed by atoms with E-state index in [1.165, 1.54) is 13.5 Å². The molecule has 4 heteroatoms. The Balaban J connectivity index is 1.69. The highest BCUT2D eigenvalue weighted by atomic mass is 16.7. The van der Waals surface area contributed by atoms with Gasteiger partial charge in [-0.15, -0.1) is 0 Å². The summed E-state index contributed by atoms with van der Waals surface area (Å²) in [6.07, 6.45) is 7.25. The smallest absolute Gasteiger partial charge is 0.308 e. The minimum absolute atomic E-state index is 0.0107. The summed E-state index contributed by atoms with van der Waals surface area (Å²) in [4.78, 5) is 11.4. The molecule has 0 bridgehead atoms. The van der Waals surface area contributed by atoms with Gasteiger partial charge in [-0.1, -0.05) is 0 Å². The second kappa shape index (κ2) is 6.36. The summed E-state index contributed by atoms with van der Waals surface area (Å²) in [6.45, 7) is 0.822. The molecule has 0 radical (unpaired) electrons. The molecule has 1 saturated heterocycles. The maximum absolute atomic E-state index is 11.4. The summed E-state index contributed by atoms with van der Waals surface area (Å²) >= 11 is 0. The molecule has 0 spiro atoms. The Morgan fingerprint density at radius 1 is 1.12 bits per heavy atom. The lowest BCUT2D eigenvalue weighted by Gasteiger charge is -2.31. The molecule has 4 nitrogen and oxygen atoms in total. The van der Waals surface area contributed by atoms with Crippen molar-refractivity contribution in [2.75, 3.05) is 13.7 Å². The third-order valence-corrected chi connectivity index (χ3v) is 3.69. The van der Waals surface area contributed by atoms with Crippen LogP contribution in [0.4, 0.5) is 0 Å². The largest absolute Gasteiger partial charge is 0.469 e. The Hall–Kier alpha value is -0.610. The molecule has 0 aromatic rings. The molecule has 0 aromatic heterocycles. The molecule has 1 heterocycles. The topological polar surface area (TPSA) is 44.8 Å². The van der Waals surface area contributed by atoms with Crippen LogP contribution in [-0.2, 0) is 19.0 Å². The van der Waals surface area contributed by atoms with Crippen molar-refractivity contribution < 1.29 is 19.0 Å². The number of rotatable bonds is 3. The maximum atomic E-state index is 11.4. The first kappa shape index (κ1) is 12.8. The molecule has 2 rings (SSSR count). The Labute approximate surface area is 103 Å². The van der Waals surface area contributed by atoms with Gasteiger partial charge in [-0.05, 0) is 44.9 Å². The summed E-state index contributed by atoms with van der Waals surface area (Å²) in [5, 5.41) is 0. The number of hydrogen-bond acceptors (Lipinski definition) is 4. The number of hydrogen-bond donors (Lipinski definition) is 0. The van der Waals surface area contributed by atoms with Gasteiger partial charge in [0.25, 0.3) is 0 Å². The van der Waals surface area contributed by atoms with Crippen LogP contribution < -0.4 is 0 Å². The van der Waals surface area contributed by atoms with E-state index in [0.29, 0.717) is 0 Å². The molecule has 0 amide bonds. The standard InChI is InChI=1S/C13H22O4/c1-15-13(14)10-5-7-11(8-6-10)17-12-4-2-3-9-16-12/h10-12H,2-9H2,1H3/t10-,11+,12?. The zero-order chi connectivity index (χ0) is 12.1. The molecule has 1 atom stereocenters. The summed E-state index contributed by atoms with van der Waals surface area (Å²) in [5.74, 6) is 0.00416. The van der Waals surface area contributed by atoms with E-state index in [2.05, 4.69) is 0 Å². The van der Waals surface area contributed by atoms with Crippen LogP contribution in [0.5, 0.6) is 0 Å². The van der Waals surface area contributed by atoms with E-state index in [1.54, 1.807) is 0 Å². The fourth-order valence-corrected chi connectivity index (χ4v) is 2.63. The second-order valence-electron chi connectivity index (χ2n) is 4.93. The highest BCUT2D eigenvalue weighted by molar-refractivity contribution is 5.72. The van der Waals surface area contributed by atoms with E-state index >= 15 is 0 Å². The number of methoxy groups -OCH3 is 1. The van der Waals surface area contributed by atoms with Crippen LogP contribution in [0.1, 0.15) is 44.9 Å². The summed E-state index contributed by atoms with van der Waals surface area (Å²) < 4.78 is 16.3. The summed E-state index contributed by atoms with van der Waals surface area (Å²) in [5.41, 5.74) is 0. The van der Waals surface area contributed by atoms with E-state index in [-0.39, 0.29) is 24.3 Å². The summed E-state index contributed by atoms with van der Waals surface area (Å²) in [7, 11) is 1.46. The van der Waals surface area contributed by atoms with Crippen molar-refractivity contribution in [1.82, 2.24) is 0 Å². The molecular weight excluding hydrogens is 220 g/mol. The highest BCUT2D eigenvalue weighted by Crippen LogP contribution is 2.29. The first-order valence-electron chi connectivity index (χ1n) is 6.64. The predicted octanol–water partition coefficient (Wildman–Crippen LogP) is 2.26. The van der Waals surface area contributed by atoms with E-state index in [0.717, 1.165) is 45.1 Å². The number of carbonyl (C=O) groups is 1. The van der Waals surface area contributed by atoms with Crippen LogP contribution in [0, 0.1) is 5.92 Å². The van der Waals surface area contributed by atoms with Crippen LogP contribution in [0.3, 0.4) is 0 Å². The minimum atomic E-state index is -0.0719. The van der Waals surface area contributed by atoms with Crippen LogP contribution in [0.15, 0.2) is 0 Å². The average molecular weight is 242 g/mol. The molecule has 2 fully saturated rings. The molecule has 0 aromatic carbocycles. The summed E-state index contributed by atoms with van der Waals surface area (Å²) in [6, 6.07) is 0. The van der Waals surface area contributed by atoms with Crippen molar-refractivity contribution in [3.63, 3.8) is 0 Å². The van der Waals surface area contributed by atoms with Crippen molar-refractivity contribution in [1.29, 1.82) is 0 Å². The first-order valence-corrected chi connectivity index (χ1v) is 6.64. The Morgan fingerprint density at radius 3 is 2.47 bits per heavy atom. The molecule has 1 aliphatic heterocycles. The lowest BCUT2D eigenvalue weighted by atomic mass is 9.87.